The summed E-state index contributed by atoms with van der Waals surface area (Å²) in [6.45, 7) is 4.38. The highest BCUT2D eigenvalue weighted by atomic mass is 35.5. The first-order chi connectivity index (χ1) is 15.4. The maximum absolute atomic E-state index is 12.6. The molecule has 1 atom stereocenters. The summed E-state index contributed by atoms with van der Waals surface area (Å²) in [6, 6.07) is 8.26. The van der Waals surface area contributed by atoms with Gasteiger partial charge in [0, 0.05) is 38.6 Å². The Morgan fingerprint density at radius 2 is 2.09 bits per heavy atom. The molecule has 1 aromatic heterocycles. The van der Waals surface area contributed by atoms with Crippen LogP contribution in [0.5, 0.6) is 5.75 Å². The van der Waals surface area contributed by atoms with Crippen LogP contribution in [0.25, 0.3) is 0 Å². The number of hydrogen-bond acceptors (Lipinski definition) is 5. The van der Waals surface area contributed by atoms with Crippen LogP contribution in [-0.4, -0.2) is 71.9 Å². The highest BCUT2D eigenvalue weighted by molar-refractivity contribution is 6.32. The van der Waals surface area contributed by atoms with E-state index in [1.165, 1.54) is 19.3 Å². The molecule has 2 fully saturated rings. The van der Waals surface area contributed by atoms with Gasteiger partial charge in [-0.3, -0.25) is 9.48 Å². The largest absolute Gasteiger partial charge is 0.492 e. The van der Waals surface area contributed by atoms with Gasteiger partial charge in [-0.1, -0.05) is 17.7 Å². The number of carbonyl (C=O) groups excluding carboxylic acids is 1. The van der Waals surface area contributed by atoms with Crippen LogP contribution in [0.3, 0.4) is 0 Å². The molecule has 1 unspecified atom stereocenters. The third kappa shape index (κ3) is 5.82. The van der Waals surface area contributed by atoms with Gasteiger partial charge in [0.2, 0.25) is 0 Å². The van der Waals surface area contributed by atoms with E-state index in [4.69, 9.17) is 16.3 Å². The molecule has 0 spiro atoms. The van der Waals surface area contributed by atoms with Crippen LogP contribution in [0.4, 0.5) is 0 Å². The number of amides is 1. The van der Waals surface area contributed by atoms with Crippen LogP contribution in [0.2, 0.25) is 5.02 Å². The number of halogens is 1. The summed E-state index contributed by atoms with van der Waals surface area (Å²) in [6.07, 6.45) is 4.54. The van der Waals surface area contributed by atoms with Crippen LogP contribution in [-0.2, 0) is 13.6 Å². The fourth-order valence-electron chi connectivity index (χ4n) is 4.23. The van der Waals surface area contributed by atoms with Gasteiger partial charge in [-0.05, 0) is 70.1 Å². The van der Waals surface area contributed by atoms with Crippen molar-refractivity contribution < 1.29 is 9.53 Å². The van der Waals surface area contributed by atoms with Gasteiger partial charge in [0.05, 0.1) is 17.3 Å². The molecule has 1 aliphatic carbocycles. The van der Waals surface area contributed by atoms with E-state index in [1.54, 1.807) is 4.68 Å². The van der Waals surface area contributed by atoms with Crippen molar-refractivity contribution in [3.63, 3.8) is 0 Å². The number of likely N-dealkylation sites (N-methyl/N-ethyl adjacent to an activating group) is 1. The average molecular weight is 460 g/mol. The monoisotopic (exact) mass is 459 g/mol. The lowest BCUT2D eigenvalue weighted by molar-refractivity contribution is 0.0941. The highest BCUT2D eigenvalue weighted by Crippen LogP contribution is 2.39. The zero-order valence-corrected chi connectivity index (χ0v) is 20.1. The minimum Gasteiger partial charge on any atom is -0.492 e. The molecule has 2 aliphatic rings. The first kappa shape index (κ1) is 23.1. The molecule has 1 aliphatic heterocycles. The second kappa shape index (κ2) is 10.2. The van der Waals surface area contributed by atoms with Gasteiger partial charge in [-0.15, -0.1) is 0 Å². The molecular formula is C24H34ClN5O2. The van der Waals surface area contributed by atoms with E-state index in [1.807, 2.05) is 31.3 Å². The molecule has 0 radical (unpaired) electrons. The van der Waals surface area contributed by atoms with Crippen LogP contribution in [0.1, 0.15) is 53.3 Å². The van der Waals surface area contributed by atoms with Crippen molar-refractivity contribution in [3.8, 4) is 5.75 Å². The molecule has 1 saturated heterocycles. The van der Waals surface area contributed by atoms with Crippen molar-refractivity contribution in [2.45, 2.75) is 44.2 Å². The normalized spacial score (nSPS) is 19.0. The molecule has 174 valence electrons. The Kier molecular flexibility index (Phi) is 7.38. The van der Waals surface area contributed by atoms with Crippen LogP contribution in [0, 0.1) is 0 Å². The molecule has 2 aromatic rings. The molecule has 32 heavy (non-hydrogen) atoms. The zero-order valence-electron chi connectivity index (χ0n) is 19.3. The van der Waals surface area contributed by atoms with Gasteiger partial charge in [-0.25, -0.2) is 0 Å². The zero-order chi connectivity index (χ0) is 22.7. The first-order valence-corrected chi connectivity index (χ1v) is 11.9. The second-order valence-electron chi connectivity index (χ2n) is 9.21. The second-order valence-corrected chi connectivity index (χ2v) is 9.62. The summed E-state index contributed by atoms with van der Waals surface area (Å²) in [4.78, 5) is 17.4. The van der Waals surface area contributed by atoms with Crippen molar-refractivity contribution in [1.29, 1.82) is 0 Å². The number of likely N-dealkylation sites (tertiary alicyclic amines) is 1. The Bertz CT molecular complexity index is 940. The molecule has 1 N–H and O–H groups in total. The highest BCUT2D eigenvalue weighted by Gasteiger charge is 2.28. The molecule has 1 saturated carbocycles. The minimum absolute atomic E-state index is 0.123. The van der Waals surface area contributed by atoms with Gasteiger partial charge in [-0.2, -0.15) is 5.10 Å². The first-order valence-electron chi connectivity index (χ1n) is 11.5. The predicted molar refractivity (Wildman–Crippen MR) is 126 cm³/mol. The number of hydrogen-bond donors (Lipinski definition) is 1. The average Bonchev–Trinajstić information content (AvgIpc) is 3.37. The molecule has 2 heterocycles. The van der Waals surface area contributed by atoms with Crippen LogP contribution in [0.15, 0.2) is 24.3 Å². The van der Waals surface area contributed by atoms with Gasteiger partial charge < -0.3 is 19.9 Å². The van der Waals surface area contributed by atoms with E-state index in [9.17, 15) is 4.79 Å². The SMILES string of the molecule is CN(C)C1CCN(CCCOc2ccc(CNC(=O)c3cc(C4CC4)nn3C)cc2Cl)C1. The Balaban J connectivity index is 1.20. The van der Waals surface area contributed by atoms with Gasteiger partial charge in [0.15, 0.2) is 0 Å². The van der Waals surface area contributed by atoms with E-state index in [0.717, 1.165) is 37.3 Å². The quantitative estimate of drug-likeness (QED) is 0.552. The summed E-state index contributed by atoms with van der Waals surface area (Å²) in [5, 5.41) is 7.99. The van der Waals surface area contributed by atoms with Crippen LogP contribution >= 0.6 is 11.6 Å². The smallest absolute Gasteiger partial charge is 0.269 e. The summed E-state index contributed by atoms with van der Waals surface area (Å²) in [5.74, 6) is 1.09. The van der Waals surface area contributed by atoms with E-state index in [2.05, 4.69) is 34.3 Å². The van der Waals surface area contributed by atoms with Crippen molar-refractivity contribution in [1.82, 2.24) is 24.9 Å². The Morgan fingerprint density at radius 3 is 2.78 bits per heavy atom. The molecule has 8 heteroatoms. The van der Waals surface area contributed by atoms with Crippen molar-refractivity contribution in [2.24, 2.45) is 7.05 Å². The van der Waals surface area contributed by atoms with Gasteiger partial charge >= 0.3 is 0 Å². The summed E-state index contributed by atoms with van der Waals surface area (Å²) < 4.78 is 7.56. The van der Waals surface area contributed by atoms with E-state index in [-0.39, 0.29) is 5.91 Å². The fourth-order valence-corrected chi connectivity index (χ4v) is 4.49. The number of nitrogens with zero attached hydrogens (tertiary/aromatic N) is 4. The number of benzene rings is 1. The molecule has 4 rings (SSSR count). The number of carbonyl (C=O) groups is 1. The maximum Gasteiger partial charge on any atom is 0.269 e. The number of aryl methyl sites for hydroxylation is 1. The van der Waals surface area contributed by atoms with E-state index in [0.29, 0.717) is 41.6 Å². The Morgan fingerprint density at radius 1 is 1.28 bits per heavy atom. The molecular weight excluding hydrogens is 426 g/mol. The maximum atomic E-state index is 12.6. The third-order valence-electron chi connectivity index (χ3n) is 6.43. The third-order valence-corrected chi connectivity index (χ3v) is 6.73. The van der Waals surface area contributed by atoms with Crippen LogP contribution < -0.4 is 10.1 Å². The molecule has 1 aromatic carbocycles. The number of rotatable bonds is 10. The predicted octanol–water partition coefficient (Wildman–Crippen LogP) is 3.29. The van der Waals surface area contributed by atoms with Gasteiger partial charge in [0.1, 0.15) is 11.4 Å². The van der Waals surface area contributed by atoms with Crippen molar-refractivity contribution in [3.05, 3.63) is 46.2 Å². The lowest BCUT2D eigenvalue weighted by Gasteiger charge is -2.20. The number of aromatic nitrogens is 2. The summed E-state index contributed by atoms with van der Waals surface area (Å²) in [7, 11) is 6.12. The molecule has 0 bridgehead atoms. The van der Waals surface area contributed by atoms with Gasteiger partial charge in [0.25, 0.3) is 5.91 Å². The standard InChI is InChI=1S/C24H34ClN5O2/c1-28(2)19-9-11-30(16-19)10-4-12-32-23-8-5-17(13-20(23)25)15-26-24(31)22-14-21(18-6-7-18)27-29(22)3/h5,8,13-14,18-19H,4,6-7,9-12,15-16H2,1-3H3,(H,26,31). The van der Waals surface area contributed by atoms with Crippen molar-refractivity contribution in [2.75, 3.05) is 40.3 Å². The molecule has 1 amide bonds. The summed E-state index contributed by atoms with van der Waals surface area (Å²) >= 11 is 6.42. The number of nitrogens with one attached hydrogen (secondary N) is 1. The fraction of sp³-hybridized carbons (Fsp3) is 0.583. The number of ether oxygens (including phenoxy) is 1. The Hall–Kier alpha value is -2.09. The van der Waals surface area contributed by atoms with Crippen molar-refractivity contribution >= 4 is 17.5 Å². The lowest BCUT2D eigenvalue weighted by Crippen LogP contribution is -2.32. The lowest BCUT2D eigenvalue weighted by atomic mass is 10.2. The topological polar surface area (TPSA) is 62.6 Å². The summed E-state index contributed by atoms with van der Waals surface area (Å²) in [5.41, 5.74) is 2.55. The molecule has 7 nitrogen and oxygen atoms in total. The van der Waals surface area contributed by atoms with E-state index < -0.39 is 0 Å². The Labute approximate surface area is 195 Å². The minimum atomic E-state index is -0.123. The van der Waals surface area contributed by atoms with E-state index >= 15 is 0 Å².